The largest absolute Gasteiger partial charge is 0.497 e. The Morgan fingerprint density at radius 3 is 2.46 bits per heavy atom. The minimum Gasteiger partial charge on any atom is -0.497 e. The molecule has 3 aromatic rings. The first-order valence-corrected chi connectivity index (χ1v) is 9.33. The van der Waals surface area contributed by atoms with Crippen LogP contribution >= 0.6 is 11.8 Å². The highest BCUT2D eigenvalue weighted by Crippen LogP contribution is 2.24. The van der Waals surface area contributed by atoms with Crippen molar-refractivity contribution in [3.63, 3.8) is 0 Å². The standard InChI is InChI=1S/C19H19N5O3S/c1-12(17(25)22-23-18(26)14-6-4-3-5-7-14)28-19-20-16(21-24-19)13-8-10-15(27-2)11-9-13/h3-12H,1-2H3,(H,22,25)(H,23,26)(H,20,21,24)/t12-/m1/s1. The number of carbonyl (C=O) groups excluding carboxylic acids is 2. The molecular formula is C19H19N5O3S. The van der Waals surface area contributed by atoms with Gasteiger partial charge in [0.15, 0.2) is 5.82 Å². The predicted octanol–water partition coefficient (Wildman–Crippen LogP) is 2.42. The number of amides is 2. The van der Waals surface area contributed by atoms with Gasteiger partial charge >= 0.3 is 0 Å². The lowest BCUT2D eigenvalue weighted by atomic mass is 10.2. The monoisotopic (exact) mass is 397 g/mol. The molecule has 0 saturated carbocycles. The van der Waals surface area contributed by atoms with Crippen LogP contribution in [0.2, 0.25) is 0 Å². The van der Waals surface area contributed by atoms with Crippen LogP contribution in [0.3, 0.4) is 0 Å². The van der Waals surface area contributed by atoms with Crippen LogP contribution in [0.4, 0.5) is 0 Å². The van der Waals surface area contributed by atoms with E-state index in [2.05, 4.69) is 26.0 Å². The molecule has 28 heavy (non-hydrogen) atoms. The van der Waals surface area contributed by atoms with Crippen LogP contribution < -0.4 is 15.6 Å². The third-order valence-electron chi connectivity index (χ3n) is 3.81. The van der Waals surface area contributed by atoms with E-state index in [1.54, 1.807) is 38.3 Å². The average Bonchev–Trinajstić information content (AvgIpc) is 3.20. The van der Waals surface area contributed by atoms with Gasteiger partial charge in [0, 0.05) is 11.1 Å². The van der Waals surface area contributed by atoms with Crippen LogP contribution in [-0.2, 0) is 4.79 Å². The van der Waals surface area contributed by atoms with E-state index >= 15 is 0 Å². The molecule has 0 radical (unpaired) electrons. The summed E-state index contributed by atoms with van der Waals surface area (Å²) in [5, 5.41) is 6.91. The van der Waals surface area contributed by atoms with Crippen molar-refractivity contribution in [1.29, 1.82) is 0 Å². The van der Waals surface area contributed by atoms with Crippen molar-refractivity contribution in [2.24, 2.45) is 0 Å². The summed E-state index contributed by atoms with van der Waals surface area (Å²) in [4.78, 5) is 28.6. The fraction of sp³-hybridized carbons (Fsp3) is 0.158. The molecule has 0 saturated heterocycles. The van der Waals surface area contributed by atoms with Crippen LogP contribution in [0.15, 0.2) is 59.8 Å². The highest BCUT2D eigenvalue weighted by molar-refractivity contribution is 8.00. The second-order valence-corrected chi connectivity index (χ2v) is 7.07. The van der Waals surface area contributed by atoms with Gasteiger partial charge in [-0.15, -0.1) is 5.10 Å². The quantitative estimate of drug-likeness (QED) is 0.435. The summed E-state index contributed by atoms with van der Waals surface area (Å²) in [5.74, 6) is 0.603. The van der Waals surface area contributed by atoms with Crippen LogP contribution in [-0.4, -0.2) is 39.4 Å². The van der Waals surface area contributed by atoms with Gasteiger partial charge in [0.25, 0.3) is 11.8 Å². The van der Waals surface area contributed by atoms with Crippen LogP contribution in [0.25, 0.3) is 11.4 Å². The molecule has 9 heteroatoms. The number of hydrogen-bond acceptors (Lipinski definition) is 6. The normalized spacial score (nSPS) is 11.5. The van der Waals surface area contributed by atoms with Gasteiger partial charge in [-0.1, -0.05) is 30.0 Å². The lowest BCUT2D eigenvalue weighted by Gasteiger charge is -2.11. The fourth-order valence-electron chi connectivity index (χ4n) is 2.27. The smallest absolute Gasteiger partial charge is 0.269 e. The fourth-order valence-corrected chi connectivity index (χ4v) is 2.99. The number of H-pyrrole nitrogens is 1. The summed E-state index contributed by atoms with van der Waals surface area (Å²) < 4.78 is 5.13. The summed E-state index contributed by atoms with van der Waals surface area (Å²) >= 11 is 1.18. The number of benzene rings is 2. The third-order valence-corrected chi connectivity index (χ3v) is 4.78. The number of nitrogens with zero attached hydrogens (tertiary/aromatic N) is 2. The number of ether oxygens (including phenoxy) is 1. The molecule has 0 aliphatic carbocycles. The van der Waals surface area contributed by atoms with Gasteiger partial charge in [0.1, 0.15) is 5.75 Å². The molecule has 0 aliphatic rings. The minimum atomic E-state index is -0.504. The molecule has 1 aromatic heterocycles. The maximum absolute atomic E-state index is 12.2. The van der Waals surface area contributed by atoms with E-state index in [1.807, 2.05) is 30.3 Å². The first kappa shape index (κ1) is 19.4. The second-order valence-electron chi connectivity index (χ2n) is 5.76. The van der Waals surface area contributed by atoms with Crippen LogP contribution in [0, 0.1) is 0 Å². The molecule has 0 bridgehead atoms. The molecule has 1 atom stereocenters. The Hall–Kier alpha value is -3.33. The molecule has 0 spiro atoms. The summed E-state index contributed by atoms with van der Waals surface area (Å²) in [6, 6.07) is 16.0. The van der Waals surface area contributed by atoms with Crippen LogP contribution in [0.5, 0.6) is 5.75 Å². The third kappa shape index (κ3) is 4.89. The Kier molecular flexibility index (Phi) is 6.28. The van der Waals surface area contributed by atoms with E-state index < -0.39 is 5.25 Å². The van der Waals surface area contributed by atoms with Crippen molar-refractivity contribution in [2.75, 3.05) is 7.11 Å². The maximum Gasteiger partial charge on any atom is 0.269 e. The molecule has 0 fully saturated rings. The Bertz CT molecular complexity index is 944. The number of aromatic nitrogens is 3. The van der Waals surface area contributed by atoms with Crippen molar-refractivity contribution in [3.05, 3.63) is 60.2 Å². The molecular weight excluding hydrogens is 378 g/mol. The number of carbonyl (C=O) groups is 2. The van der Waals surface area contributed by atoms with Gasteiger partial charge < -0.3 is 4.74 Å². The van der Waals surface area contributed by atoms with Gasteiger partial charge in [0.2, 0.25) is 5.16 Å². The number of hydrogen-bond donors (Lipinski definition) is 3. The Labute approximate surface area is 166 Å². The second kappa shape index (κ2) is 9.05. The zero-order valence-electron chi connectivity index (χ0n) is 15.3. The molecule has 1 heterocycles. The topological polar surface area (TPSA) is 109 Å². The summed E-state index contributed by atoms with van der Waals surface area (Å²) in [6.45, 7) is 1.71. The Morgan fingerprint density at radius 1 is 1.07 bits per heavy atom. The Morgan fingerprint density at radius 2 is 1.79 bits per heavy atom. The summed E-state index contributed by atoms with van der Waals surface area (Å²) in [6.07, 6.45) is 0. The average molecular weight is 397 g/mol. The zero-order valence-corrected chi connectivity index (χ0v) is 16.1. The zero-order chi connectivity index (χ0) is 19.9. The molecule has 2 aromatic carbocycles. The molecule has 3 N–H and O–H groups in total. The minimum absolute atomic E-state index is 0.356. The molecule has 3 rings (SSSR count). The lowest BCUT2D eigenvalue weighted by molar-refractivity contribution is -0.121. The van der Waals surface area contributed by atoms with Gasteiger partial charge in [-0.3, -0.25) is 25.5 Å². The number of rotatable bonds is 6. The van der Waals surface area contributed by atoms with E-state index in [0.717, 1.165) is 11.3 Å². The molecule has 0 unspecified atom stereocenters. The Balaban J connectivity index is 1.54. The van der Waals surface area contributed by atoms with E-state index in [1.165, 1.54) is 11.8 Å². The first-order chi connectivity index (χ1) is 13.6. The number of nitrogens with one attached hydrogen (secondary N) is 3. The number of aromatic amines is 1. The molecule has 0 aliphatic heterocycles. The van der Waals surface area contributed by atoms with Crippen molar-refractivity contribution in [3.8, 4) is 17.1 Å². The summed E-state index contributed by atoms with van der Waals surface area (Å²) in [7, 11) is 1.60. The number of hydrazine groups is 1. The van der Waals surface area contributed by atoms with Crippen molar-refractivity contribution < 1.29 is 14.3 Å². The van der Waals surface area contributed by atoms with Gasteiger partial charge in [-0.2, -0.15) is 0 Å². The summed E-state index contributed by atoms with van der Waals surface area (Å²) in [5.41, 5.74) is 6.12. The number of thioether (sulfide) groups is 1. The SMILES string of the molecule is COc1ccc(-c2nc(S[C@H](C)C(=O)NNC(=O)c3ccccc3)n[nH]2)cc1. The van der Waals surface area contributed by atoms with E-state index in [9.17, 15) is 9.59 Å². The molecule has 144 valence electrons. The lowest BCUT2D eigenvalue weighted by Crippen LogP contribution is -2.44. The highest BCUT2D eigenvalue weighted by atomic mass is 32.2. The maximum atomic E-state index is 12.2. The van der Waals surface area contributed by atoms with Crippen molar-refractivity contribution in [1.82, 2.24) is 26.0 Å². The van der Waals surface area contributed by atoms with Gasteiger partial charge in [-0.25, -0.2) is 4.98 Å². The van der Waals surface area contributed by atoms with Crippen molar-refractivity contribution in [2.45, 2.75) is 17.3 Å². The van der Waals surface area contributed by atoms with Gasteiger partial charge in [-0.05, 0) is 43.3 Å². The first-order valence-electron chi connectivity index (χ1n) is 8.45. The molecule has 2 amide bonds. The van der Waals surface area contributed by atoms with Gasteiger partial charge in [0.05, 0.1) is 12.4 Å². The molecule has 8 nitrogen and oxygen atoms in total. The van der Waals surface area contributed by atoms with Crippen molar-refractivity contribution >= 4 is 23.6 Å². The highest BCUT2D eigenvalue weighted by Gasteiger charge is 2.18. The van der Waals surface area contributed by atoms with E-state index in [-0.39, 0.29) is 11.8 Å². The van der Waals surface area contributed by atoms with Crippen LogP contribution in [0.1, 0.15) is 17.3 Å². The van der Waals surface area contributed by atoms with E-state index in [0.29, 0.717) is 16.5 Å². The predicted molar refractivity (Wildman–Crippen MR) is 106 cm³/mol. The number of methoxy groups -OCH3 is 1. The van der Waals surface area contributed by atoms with E-state index in [4.69, 9.17) is 4.74 Å².